The van der Waals surface area contributed by atoms with Crippen LogP contribution in [0.3, 0.4) is 0 Å². The number of benzene rings is 2. The minimum atomic E-state index is -3.49. The minimum Gasteiger partial charge on any atom is -0.356 e. The number of sulfonamides is 1. The Bertz CT molecular complexity index is 1040. The van der Waals surface area contributed by atoms with Gasteiger partial charge in [-0.25, -0.2) is 12.8 Å². The van der Waals surface area contributed by atoms with Gasteiger partial charge in [0.1, 0.15) is 5.82 Å². The molecular formula is C23H32FIN4O2S. The van der Waals surface area contributed by atoms with Crippen molar-refractivity contribution in [3.63, 3.8) is 0 Å². The molecule has 0 saturated heterocycles. The summed E-state index contributed by atoms with van der Waals surface area (Å²) in [4.78, 5) is 4.54. The summed E-state index contributed by atoms with van der Waals surface area (Å²) in [5.41, 5.74) is 1.91. The van der Waals surface area contributed by atoms with Crippen LogP contribution < -0.4 is 10.6 Å². The van der Waals surface area contributed by atoms with Crippen LogP contribution >= 0.6 is 24.0 Å². The van der Waals surface area contributed by atoms with Crippen molar-refractivity contribution in [1.29, 1.82) is 0 Å². The summed E-state index contributed by atoms with van der Waals surface area (Å²) in [5.74, 6) is 0.440. The molecule has 1 aliphatic carbocycles. The third-order valence-corrected chi connectivity index (χ3v) is 7.94. The van der Waals surface area contributed by atoms with Gasteiger partial charge in [0.25, 0.3) is 0 Å². The van der Waals surface area contributed by atoms with Crippen LogP contribution in [0.5, 0.6) is 0 Å². The van der Waals surface area contributed by atoms with E-state index in [1.807, 2.05) is 19.9 Å². The second-order valence-corrected chi connectivity index (χ2v) is 10.3. The van der Waals surface area contributed by atoms with Crippen LogP contribution in [0.15, 0.2) is 58.4 Å². The molecule has 0 bridgehead atoms. The zero-order chi connectivity index (χ0) is 22.6. The maximum absolute atomic E-state index is 13.6. The first-order valence-corrected chi connectivity index (χ1v) is 11.9. The second-order valence-electron chi connectivity index (χ2n) is 8.33. The lowest BCUT2D eigenvalue weighted by Crippen LogP contribution is -2.40. The van der Waals surface area contributed by atoms with Crippen molar-refractivity contribution in [1.82, 2.24) is 14.9 Å². The number of hydrogen-bond acceptors (Lipinski definition) is 3. The molecule has 9 heteroatoms. The molecule has 0 spiro atoms. The van der Waals surface area contributed by atoms with E-state index >= 15 is 0 Å². The van der Waals surface area contributed by atoms with Crippen LogP contribution in [-0.4, -0.2) is 45.4 Å². The molecule has 0 radical (unpaired) electrons. The van der Waals surface area contributed by atoms with Crippen LogP contribution in [0.2, 0.25) is 0 Å². The number of aliphatic imine (C=N–C) groups is 1. The first-order valence-electron chi connectivity index (χ1n) is 10.5. The molecule has 1 fully saturated rings. The highest BCUT2D eigenvalue weighted by atomic mass is 127. The van der Waals surface area contributed by atoms with Crippen molar-refractivity contribution in [2.75, 3.05) is 20.6 Å². The van der Waals surface area contributed by atoms with Crippen LogP contribution in [0, 0.1) is 5.82 Å². The van der Waals surface area contributed by atoms with Gasteiger partial charge in [-0.3, -0.25) is 4.99 Å². The molecule has 2 aromatic carbocycles. The summed E-state index contributed by atoms with van der Waals surface area (Å²) in [5, 5.41) is 6.59. The van der Waals surface area contributed by atoms with Gasteiger partial charge in [0, 0.05) is 38.6 Å². The predicted octanol–water partition coefficient (Wildman–Crippen LogP) is 3.87. The van der Waals surface area contributed by atoms with Crippen LogP contribution in [0.4, 0.5) is 4.39 Å². The van der Waals surface area contributed by atoms with E-state index in [2.05, 4.69) is 15.6 Å². The average Bonchev–Trinajstić information content (AvgIpc) is 3.54. The van der Waals surface area contributed by atoms with Gasteiger partial charge in [-0.05, 0) is 62.1 Å². The van der Waals surface area contributed by atoms with Crippen molar-refractivity contribution < 1.29 is 12.8 Å². The smallest absolute Gasteiger partial charge is 0.243 e. The molecule has 0 aromatic heterocycles. The zero-order valence-electron chi connectivity index (χ0n) is 18.9. The van der Waals surface area contributed by atoms with Crippen molar-refractivity contribution >= 4 is 40.0 Å². The Morgan fingerprint density at radius 1 is 1.16 bits per heavy atom. The number of nitrogens with zero attached hydrogens (tertiary/aromatic N) is 2. The van der Waals surface area contributed by atoms with Gasteiger partial charge in [0.05, 0.1) is 4.90 Å². The summed E-state index contributed by atoms with van der Waals surface area (Å²) in [7, 11) is -0.200. The zero-order valence-corrected chi connectivity index (χ0v) is 22.1. The third-order valence-electron chi connectivity index (χ3n) is 5.90. The normalized spacial score (nSPS) is 15.4. The maximum atomic E-state index is 13.6. The summed E-state index contributed by atoms with van der Waals surface area (Å²) in [6.07, 6.45) is 2.03. The Morgan fingerprint density at radius 2 is 1.81 bits per heavy atom. The van der Waals surface area contributed by atoms with E-state index in [-0.39, 0.29) is 46.1 Å². The van der Waals surface area contributed by atoms with Crippen molar-refractivity contribution in [3.05, 3.63) is 65.5 Å². The van der Waals surface area contributed by atoms with E-state index in [1.54, 1.807) is 50.5 Å². The molecule has 6 nitrogen and oxygen atoms in total. The highest BCUT2D eigenvalue weighted by Crippen LogP contribution is 2.47. The molecule has 2 N–H and O–H groups in total. The third kappa shape index (κ3) is 6.20. The summed E-state index contributed by atoms with van der Waals surface area (Å²) >= 11 is 0. The lowest BCUT2D eigenvalue weighted by molar-refractivity contribution is 0.410. The lowest BCUT2D eigenvalue weighted by atomic mass is 9.96. The van der Waals surface area contributed by atoms with Crippen molar-refractivity contribution in [3.8, 4) is 0 Å². The molecule has 0 amide bonds. The molecule has 0 unspecified atom stereocenters. The van der Waals surface area contributed by atoms with Crippen LogP contribution in [-0.2, 0) is 22.0 Å². The van der Waals surface area contributed by atoms with E-state index < -0.39 is 10.0 Å². The highest BCUT2D eigenvalue weighted by molar-refractivity contribution is 14.0. The van der Waals surface area contributed by atoms with Gasteiger partial charge in [-0.15, -0.1) is 24.0 Å². The largest absolute Gasteiger partial charge is 0.356 e. The summed E-state index contributed by atoms with van der Waals surface area (Å²) in [6.45, 7) is 4.87. The summed E-state index contributed by atoms with van der Waals surface area (Å²) in [6, 6.07) is 13.5. The quantitative estimate of drug-likeness (QED) is 0.285. The maximum Gasteiger partial charge on any atom is 0.243 e. The summed E-state index contributed by atoms with van der Waals surface area (Å²) < 4.78 is 40.1. The van der Waals surface area contributed by atoms with Gasteiger partial charge in [-0.2, -0.15) is 4.31 Å². The van der Waals surface area contributed by atoms with E-state index in [0.717, 1.165) is 24.0 Å². The molecule has 3 rings (SSSR count). The number of rotatable bonds is 8. The molecular weight excluding hydrogens is 542 g/mol. The van der Waals surface area contributed by atoms with E-state index in [9.17, 15) is 12.8 Å². The van der Waals surface area contributed by atoms with Gasteiger partial charge >= 0.3 is 0 Å². The molecule has 176 valence electrons. The first kappa shape index (κ1) is 26.5. The van der Waals surface area contributed by atoms with Crippen molar-refractivity contribution in [2.45, 2.75) is 49.6 Å². The molecule has 0 atom stereocenters. The van der Waals surface area contributed by atoms with Crippen molar-refractivity contribution in [2.24, 2.45) is 4.99 Å². The van der Waals surface area contributed by atoms with E-state index in [0.29, 0.717) is 19.0 Å². The average molecular weight is 575 g/mol. The number of halogens is 2. The fourth-order valence-corrected chi connectivity index (χ4v) is 4.79. The Labute approximate surface area is 207 Å². The molecule has 2 aromatic rings. The van der Waals surface area contributed by atoms with Crippen LogP contribution in [0.1, 0.15) is 37.8 Å². The number of guanidine groups is 1. The molecule has 0 heterocycles. The molecule has 0 aliphatic heterocycles. The predicted molar refractivity (Wildman–Crippen MR) is 137 cm³/mol. The van der Waals surface area contributed by atoms with Gasteiger partial charge in [-0.1, -0.05) is 24.3 Å². The molecule has 32 heavy (non-hydrogen) atoms. The van der Waals surface area contributed by atoms with Gasteiger partial charge < -0.3 is 10.6 Å². The highest BCUT2D eigenvalue weighted by Gasteiger charge is 2.44. The SMILES string of the molecule is CN=C(NCc1ccc(S(=O)(=O)N(C)C(C)C)cc1)NCC1(c2cccc(F)c2)CC1.I. The first-order chi connectivity index (χ1) is 14.7. The fraction of sp³-hybridized carbons (Fsp3) is 0.435. The van der Waals surface area contributed by atoms with E-state index in [4.69, 9.17) is 0 Å². The Morgan fingerprint density at radius 3 is 2.34 bits per heavy atom. The number of hydrogen-bond donors (Lipinski definition) is 2. The minimum absolute atomic E-state index is 0. The van der Waals surface area contributed by atoms with Gasteiger partial charge in [0.2, 0.25) is 10.0 Å². The number of nitrogens with one attached hydrogen (secondary N) is 2. The fourth-order valence-electron chi connectivity index (χ4n) is 3.42. The monoisotopic (exact) mass is 574 g/mol. The lowest BCUT2D eigenvalue weighted by Gasteiger charge is -2.21. The second kappa shape index (κ2) is 10.9. The molecule has 1 saturated carbocycles. The Balaban J connectivity index is 0.00000363. The van der Waals surface area contributed by atoms with Gasteiger partial charge in [0.15, 0.2) is 5.96 Å². The van der Waals surface area contributed by atoms with Crippen LogP contribution in [0.25, 0.3) is 0 Å². The molecule has 1 aliphatic rings. The Hall–Kier alpha value is -1.72. The van der Waals surface area contributed by atoms with E-state index in [1.165, 1.54) is 10.4 Å². The standard InChI is InChI=1S/C23H31FN4O2S.HI/c1-17(2)28(4)31(29,30)21-10-8-18(9-11-21)15-26-22(25-3)27-16-23(12-13-23)19-6-5-7-20(24)14-19;/h5-11,14,17H,12-13,15-16H2,1-4H3,(H2,25,26,27);1H. The Kier molecular flexibility index (Phi) is 9.06. The topological polar surface area (TPSA) is 73.8 Å².